The SMILES string of the molecule is CC(C)O[Si](O)(CCCCCCCCCCc1c(F)c(F)c(F)c(F)c1F)OC(C)C. The third-order valence-electron chi connectivity index (χ3n) is 4.81. The molecular formula is C22H35F5O3Si. The van der Waals surface area contributed by atoms with Crippen molar-refractivity contribution >= 4 is 8.80 Å². The van der Waals surface area contributed by atoms with Crippen LogP contribution in [0, 0.1) is 29.1 Å². The summed E-state index contributed by atoms with van der Waals surface area (Å²) in [6.45, 7) is 7.47. The van der Waals surface area contributed by atoms with Gasteiger partial charge in [-0.05, 0) is 47.0 Å². The van der Waals surface area contributed by atoms with Gasteiger partial charge in [0.05, 0.1) is 0 Å². The first-order valence-corrected chi connectivity index (χ1v) is 13.0. The number of hydrogen-bond donors (Lipinski definition) is 1. The number of hydrogen-bond acceptors (Lipinski definition) is 3. The fourth-order valence-electron chi connectivity index (χ4n) is 3.46. The summed E-state index contributed by atoms with van der Waals surface area (Å²) in [5, 5.41) is 0. The normalized spacial score (nSPS) is 12.4. The molecular weight excluding hydrogens is 435 g/mol. The Morgan fingerprint density at radius 2 is 0.968 bits per heavy atom. The molecule has 0 bridgehead atoms. The van der Waals surface area contributed by atoms with Gasteiger partial charge in [-0.2, -0.15) is 0 Å². The molecule has 0 aliphatic rings. The first-order valence-electron chi connectivity index (χ1n) is 11.1. The number of halogens is 5. The van der Waals surface area contributed by atoms with Gasteiger partial charge in [0.15, 0.2) is 23.3 Å². The van der Waals surface area contributed by atoms with Crippen molar-refractivity contribution in [3.63, 3.8) is 0 Å². The van der Waals surface area contributed by atoms with Crippen molar-refractivity contribution in [2.24, 2.45) is 0 Å². The highest BCUT2D eigenvalue weighted by Gasteiger charge is 2.38. The average Bonchev–Trinajstić information content (AvgIpc) is 2.67. The van der Waals surface area contributed by atoms with Crippen molar-refractivity contribution in [1.82, 2.24) is 0 Å². The molecule has 180 valence electrons. The summed E-state index contributed by atoms with van der Waals surface area (Å²) in [4.78, 5) is 10.6. The lowest BCUT2D eigenvalue weighted by molar-refractivity contribution is 0.0472. The second kappa shape index (κ2) is 13.5. The molecule has 0 radical (unpaired) electrons. The van der Waals surface area contributed by atoms with E-state index >= 15 is 0 Å². The first kappa shape index (κ1) is 28.0. The lowest BCUT2D eigenvalue weighted by Gasteiger charge is -2.28. The molecule has 0 atom stereocenters. The van der Waals surface area contributed by atoms with Gasteiger partial charge in [-0.3, -0.25) is 0 Å². The predicted octanol–water partition coefficient (Wildman–Crippen LogP) is 6.83. The fraction of sp³-hybridized carbons (Fsp3) is 0.727. The zero-order valence-electron chi connectivity index (χ0n) is 18.9. The highest BCUT2D eigenvalue weighted by Crippen LogP contribution is 2.25. The van der Waals surface area contributed by atoms with Crippen LogP contribution in [0.25, 0.3) is 0 Å². The quantitative estimate of drug-likeness (QED) is 0.100. The van der Waals surface area contributed by atoms with Gasteiger partial charge in [0.2, 0.25) is 5.82 Å². The minimum absolute atomic E-state index is 0.0970. The maximum Gasteiger partial charge on any atom is 0.498 e. The highest BCUT2D eigenvalue weighted by atomic mass is 28.4. The molecule has 0 heterocycles. The Hall–Kier alpha value is -1.03. The minimum atomic E-state index is -3.15. The van der Waals surface area contributed by atoms with Gasteiger partial charge >= 0.3 is 8.80 Å². The standard InChI is InChI=1S/C22H35F5O3Si/c1-15(2)29-31(28,30-16(3)4)14-12-10-8-6-5-7-9-11-13-17-18(23)20(25)22(27)21(26)19(17)24/h15-16,28H,5-14H2,1-4H3. The lowest BCUT2D eigenvalue weighted by atomic mass is 10.0. The molecule has 0 spiro atoms. The Balaban J connectivity index is 2.23. The molecule has 31 heavy (non-hydrogen) atoms. The smallest absolute Gasteiger partial charge is 0.390 e. The number of unbranched alkanes of at least 4 members (excludes halogenated alkanes) is 7. The molecule has 1 aromatic rings. The molecule has 9 heteroatoms. The molecule has 0 saturated carbocycles. The van der Waals surface area contributed by atoms with E-state index in [9.17, 15) is 26.7 Å². The van der Waals surface area contributed by atoms with Gasteiger partial charge in [0.25, 0.3) is 0 Å². The van der Waals surface area contributed by atoms with Crippen LogP contribution in [-0.4, -0.2) is 25.8 Å². The summed E-state index contributed by atoms with van der Waals surface area (Å²) in [5.74, 6) is -9.36. The van der Waals surface area contributed by atoms with Crippen LogP contribution in [-0.2, 0) is 15.3 Å². The van der Waals surface area contributed by atoms with Gasteiger partial charge in [0, 0.05) is 23.8 Å². The van der Waals surface area contributed by atoms with E-state index in [-0.39, 0.29) is 18.6 Å². The van der Waals surface area contributed by atoms with Gasteiger partial charge < -0.3 is 13.6 Å². The van der Waals surface area contributed by atoms with Crippen LogP contribution in [0.3, 0.4) is 0 Å². The number of rotatable bonds is 15. The van der Waals surface area contributed by atoms with Crippen LogP contribution in [0.5, 0.6) is 0 Å². The van der Waals surface area contributed by atoms with E-state index in [1.165, 1.54) is 0 Å². The van der Waals surface area contributed by atoms with Gasteiger partial charge in [0.1, 0.15) is 0 Å². The largest absolute Gasteiger partial charge is 0.498 e. The second-order valence-electron chi connectivity index (χ2n) is 8.42. The van der Waals surface area contributed by atoms with Crippen LogP contribution in [0.4, 0.5) is 22.0 Å². The molecule has 0 amide bonds. The molecule has 0 unspecified atom stereocenters. The molecule has 1 aromatic carbocycles. The van der Waals surface area contributed by atoms with E-state index in [1.807, 2.05) is 27.7 Å². The van der Waals surface area contributed by atoms with Crippen molar-refractivity contribution in [3.05, 3.63) is 34.6 Å². The van der Waals surface area contributed by atoms with E-state index in [2.05, 4.69) is 0 Å². The maximum atomic E-state index is 13.6. The summed E-state index contributed by atoms with van der Waals surface area (Å²) in [7, 11) is -3.15. The van der Waals surface area contributed by atoms with E-state index in [4.69, 9.17) is 8.85 Å². The molecule has 0 aliphatic heterocycles. The Kier molecular flexibility index (Phi) is 12.2. The zero-order valence-corrected chi connectivity index (χ0v) is 19.9. The van der Waals surface area contributed by atoms with Crippen molar-refractivity contribution < 1.29 is 35.6 Å². The third-order valence-corrected chi connectivity index (χ3v) is 7.47. The van der Waals surface area contributed by atoms with Gasteiger partial charge in [-0.1, -0.05) is 38.5 Å². The maximum absolute atomic E-state index is 13.6. The minimum Gasteiger partial charge on any atom is -0.390 e. The van der Waals surface area contributed by atoms with Gasteiger partial charge in [-0.15, -0.1) is 0 Å². The summed E-state index contributed by atoms with van der Waals surface area (Å²) in [5.41, 5.74) is -0.736. The second-order valence-corrected chi connectivity index (χ2v) is 10.8. The molecule has 3 nitrogen and oxygen atoms in total. The van der Waals surface area contributed by atoms with Crippen LogP contribution in [0.1, 0.15) is 84.6 Å². The van der Waals surface area contributed by atoms with Crippen LogP contribution < -0.4 is 0 Å². The van der Waals surface area contributed by atoms with E-state index in [0.717, 1.165) is 38.5 Å². The lowest BCUT2D eigenvalue weighted by Crippen LogP contribution is -2.46. The molecule has 1 N–H and O–H groups in total. The molecule has 0 saturated heterocycles. The fourth-order valence-corrected chi connectivity index (χ4v) is 5.92. The summed E-state index contributed by atoms with van der Waals surface area (Å²) >= 11 is 0. The average molecular weight is 471 g/mol. The number of benzene rings is 1. The molecule has 0 fully saturated rings. The molecule has 0 aliphatic carbocycles. The summed E-state index contributed by atoms with van der Waals surface area (Å²) in [6, 6.07) is 0.519. The molecule has 1 rings (SSSR count). The topological polar surface area (TPSA) is 38.7 Å². The molecule has 0 aromatic heterocycles. The highest BCUT2D eigenvalue weighted by molar-refractivity contribution is 6.59. The van der Waals surface area contributed by atoms with Crippen LogP contribution in [0.15, 0.2) is 0 Å². The Morgan fingerprint density at radius 3 is 1.39 bits per heavy atom. The predicted molar refractivity (Wildman–Crippen MR) is 112 cm³/mol. The monoisotopic (exact) mass is 470 g/mol. The third kappa shape index (κ3) is 9.55. The zero-order chi connectivity index (χ0) is 23.6. The van der Waals surface area contributed by atoms with Crippen molar-refractivity contribution in [3.8, 4) is 0 Å². The summed E-state index contributed by atoms with van der Waals surface area (Å²) in [6.07, 6.45) is 6.06. The van der Waals surface area contributed by atoms with Crippen molar-refractivity contribution in [2.45, 2.75) is 104 Å². The van der Waals surface area contributed by atoms with Crippen LogP contribution in [0.2, 0.25) is 6.04 Å². The Morgan fingerprint density at radius 1 is 0.613 bits per heavy atom. The van der Waals surface area contributed by atoms with Crippen LogP contribution >= 0.6 is 0 Å². The summed E-state index contributed by atoms with van der Waals surface area (Å²) < 4.78 is 77.9. The van der Waals surface area contributed by atoms with Crippen molar-refractivity contribution in [2.75, 3.05) is 0 Å². The van der Waals surface area contributed by atoms with Crippen molar-refractivity contribution in [1.29, 1.82) is 0 Å². The Bertz CT molecular complexity index is 647. The van der Waals surface area contributed by atoms with E-state index in [1.54, 1.807) is 0 Å². The van der Waals surface area contributed by atoms with E-state index in [0.29, 0.717) is 18.9 Å². The Labute approximate surface area is 183 Å². The van der Waals surface area contributed by atoms with E-state index < -0.39 is 43.5 Å². The van der Waals surface area contributed by atoms with Gasteiger partial charge in [-0.25, -0.2) is 22.0 Å². The first-order chi connectivity index (χ1) is 14.5.